The molecule has 152 valence electrons. The van der Waals surface area contributed by atoms with Gasteiger partial charge in [0.15, 0.2) is 5.78 Å². The molecule has 0 saturated heterocycles. The number of carbonyl (C=O) groups excluding carboxylic acids is 1. The summed E-state index contributed by atoms with van der Waals surface area (Å²) in [5.41, 5.74) is 1.25. The minimum Gasteiger partial charge on any atom is -0.497 e. The van der Waals surface area contributed by atoms with E-state index in [9.17, 15) is 4.79 Å². The molecule has 8 heteroatoms. The molecule has 0 fully saturated rings. The van der Waals surface area contributed by atoms with Gasteiger partial charge in [0, 0.05) is 11.6 Å². The lowest BCUT2D eigenvalue weighted by Crippen LogP contribution is -2.13. The Balaban J connectivity index is 1.71. The van der Waals surface area contributed by atoms with Gasteiger partial charge in [-0.25, -0.2) is 0 Å². The second-order valence-electron chi connectivity index (χ2n) is 6.02. The summed E-state index contributed by atoms with van der Waals surface area (Å²) < 4.78 is 21.7. The van der Waals surface area contributed by atoms with Gasteiger partial charge in [0.2, 0.25) is 0 Å². The van der Waals surface area contributed by atoms with Gasteiger partial charge >= 0.3 is 0 Å². The molecular weight excluding hydrogens is 392 g/mol. The van der Waals surface area contributed by atoms with Crippen LogP contribution >= 0.6 is 11.8 Å². The van der Waals surface area contributed by atoms with Gasteiger partial charge in [0.05, 0.1) is 31.6 Å². The summed E-state index contributed by atoms with van der Waals surface area (Å²) in [6.07, 6.45) is 0. The predicted molar refractivity (Wildman–Crippen MR) is 110 cm³/mol. The summed E-state index contributed by atoms with van der Waals surface area (Å²) in [5, 5.41) is 8.05. The summed E-state index contributed by atoms with van der Waals surface area (Å²) in [6, 6.07) is 12.4. The standard InChI is InChI=1S/C21H22N2O5S/c1-5-27-15-8-6-14(7-9-15)19(24)13(2)29-21-23-22-20(28-21)17-11-10-16(25-3)12-18(17)26-4/h6-13H,5H2,1-4H3/t13-/m0/s1. The number of aromatic nitrogens is 2. The Morgan fingerprint density at radius 1 is 1.07 bits per heavy atom. The molecule has 7 nitrogen and oxygen atoms in total. The zero-order chi connectivity index (χ0) is 20.8. The smallest absolute Gasteiger partial charge is 0.277 e. The van der Waals surface area contributed by atoms with Crippen molar-refractivity contribution < 1.29 is 23.4 Å². The molecule has 0 amide bonds. The minimum absolute atomic E-state index is 0.0279. The molecule has 0 spiro atoms. The van der Waals surface area contributed by atoms with E-state index in [4.69, 9.17) is 18.6 Å². The Bertz CT molecular complexity index is 971. The number of hydrogen-bond acceptors (Lipinski definition) is 8. The summed E-state index contributed by atoms with van der Waals surface area (Å²) in [4.78, 5) is 12.7. The van der Waals surface area contributed by atoms with Gasteiger partial charge in [0.1, 0.15) is 17.2 Å². The number of ketones is 1. The number of benzene rings is 2. The van der Waals surface area contributed by atoms with E-state index in [0.29, 0.717) is 40.3 Å². The van der Waals surface area contributed by atoms with Crippen LogP contribution in [0.5, 0.6) is 17.2 Å². The molecule has 0 N–H and O–H groups in total. The first-order valence-electron chi connectivity index (χ1n) is 9.05. The van der Waals surface area contributed by atoms with Gasteiger partial charge in [0.25, 0.3) is 11.1 Å². The van der Waals surface area contributed by atoms with Gasteiger partial charge in [-0.05, 0) is 50.2 Å². The lowest BCUT2D eigenvalue weighted by atomic mass is 10.1. The highest BCUT2D eigenvalue weighted by Crippen LogP contribution is 2.34. The molecule has 29 heavy (non-hydrogen) atoms. The highest BCUT2D eigenvalue weighted by Gasteiger charge is 2.21. The van der Waals surface area contributed by atoms with Crippen molar-refractivity contribution in [3.63, 3.8) is 0 Å². The molecule has 0 aliphatic heterocycles. The van der Waals surface area contributed by atoms with Crippen molar-refractivity contribution in [3.8, 4) is 28.7 Å². The predicted octanol–water partition coefficient (Wildman–Crippen LogP) is 4.52. The molecule has 2 aromatic carbocycles. The van der Waals surface area contributed by atoms with Crippen LogP contribution in [0.15, 0.2) is 52.1 Å². The van der Waals surface area contributed by atoms with Crippen molar-refractivity contribution in [1.29, 1.82) is 0 Å². The number of carbonyl (C=O) groups is 1. The molecule has 1 atom stereocenters. The Hall–Kier alpha value is -3.00. The molecule has 0 aliphatic rings. The van der Waals surface area contributed by atoms with Crippen molar-refractivity contribution in [1.82, 2.24) is 10.2 Å². The van der Waals surface area contributed by atoms with Gasteiger partial charge in [-0.1, -0.05) is 11.8 Å². The molecule has 1 aromatic heterocycles. The first-order chi connectivity index (χ1) is 14.0. The zero-order valence-electron chi connectivity index (χ0n) is 16.7. The maximum absolute atomic E-state index is 12.7. The van der Waals surface area contributed by atoms with E-state index >= 15 is 0 Å². The van der Waals surface area contributed by atoms with E-state index in [0.717, 1.165) is 5.75 Å². The fraction of sp³-hybridized carbons (Fsp3) is 0.286. The first kappa shape index (κ1) is 20.7. The van der Waals surface area contributed by atoms with Crippen molar-refractivity contribution in [2.24, 2.45) is 0 Å². The molecule has 0 aliphatic carbocycles. The maximum atomic E-state index is 12.7. The van der Waals surface area contributed by atoms with Crippen molar-refractivity contribution in [2.75, 3.05) is 20.8 Å². The fourth-order valence-corrected chi connectivity index (χ4v) is 3.42. The monoisotopic (exact) mass is 414 g/mol. The van der Waals surface area contributed by atoms with Gasteiger partial charge in [-0.2, -0.15) is 0 Å². The SMILES string of the molecule is CCOc1ccc(C(=O)[C@H](C)Sc2nnc(-c3ccc(OC)cc3OC)o2)cc1. The number of methoxy groups -OCH3 is 2. The third-order valence-corrected chi connectivity index (χ3v) is 5.08. The lowest BCUT2D eigenvalue weighted by Gasteiger charge is -2.09. The van der Waals surface area contributed by atoms with Gasteiger partial charge < -0.3 is 18.6 Å². The van der Waals surface area contributed by atoms with E-state index < -0.39 is 0 Å². The molecule has 0 radical (unpaired) electrons. The summed E-state index contributed by atoms with van der Waals surface area (Å²) in [6.45, 7) is 4.30. The number of nitrogens with zero attached hydrogens (tertiary/aromatic N) is 2. The van der Waals surface area contributed by atoms with Crippen molar-refractivity contribution in [3.05, 3.63) is 48.0 Å². The van der Waals surface area contributed by atoms with Gasteiger partial charge in [-0.15, -0.1) is 10.2 Å². The maximum Gasteiger partial charge on any atom is 0.277 e. The fourth-order valence-electron chi connectivity index (χ4n) is 2.66. The number of Topliss-reactive ketones (excluding diaryl/α,β-unsaturated/α-hetero) is 1. The molecular formula is C21H22N2O5S. The molecule has 0 bridgehead atoms. The number of ether oxygens (including phenoxy) is 3. The normalized spacial score (nSPS) is 11.7. The summed E-state index contributed by atoms with van der Waals surface area (Å²) in [7, 11) is 3.14. The number of hydrogen-bond donors (Lipinski definition) is 0. The second kappa shape index (κ2) is 9.47. The quantitative estimate of drug-likeness (QED) is 0.373. The van der Waals surface area contributed by atoms with Crippen LogP contribution in [0.25, 0.3) is 11.5 Å². The van der Waals surface area contributed by atoms with Gasteiger partial charge in [-0.3, -0.25) is 4.79 Å². The summed E-state index contributed by atoms with van der Waals surface area (Å²) >= 11 is 1.21. The van der Waals surface area contributed by atoms with Crippen LogP contribution in [-0.2, 0) is 0 Å². The van der Waals surface area contributed by atoms with Crippen LogP contribution in [0.4, 0.5) is 0 Å². The zero-order valence-corrected chi connectivity index (χ0v) is 17.5. The average Bonchev–Trinajstić information content (AvgIpc) is 3.21. The molecule has 0 saturated carbocycles. The summed E-state index contributed by atoms with van der Waals surface area (Å²) in [5.74, 6) is 2.24. The van der Waals surface area contributed by atoms with Crippen LogP contribution in [0, 0.1) is 0 Å². The van der Waals surface area contributed by atoms with Crippen LogP contribution in [0.2, 0.25) is 0 Å². The first-order valence-corrected chi connectivity index (χ1v) is 9.93. The van der Waals surface area contributed by atoms with E-state index in [2.05, 4.69) is 10.2 Å². The van der Waals surface area contributed by atoms with E-state index in [-0.39, 0.29) is 11.0 Å². The largest absolute Gasteiger partial charge is 0.497 e. The van der Waals surface area contributed by atoms with Crippen LogP contribution in [-0.4, -0.2) is 42.1 Å². The van der Waals surface area contributed by atoms with E-state index in [1.807, 2.05) is 6.92 Å². The second-order valence-corrected chi connectivity index (χ2v) is 7.31. The van der Waals surface area contributed by atoms with Crippen LogP contribution in [0.3, 0.4) is 0 Å². The molecule has 0 unspecified atom stereocenters. The highest BCUT2D eigenvalue weighted by atomic mass is 32.2. The highest BCUT2D eigenvalue weighted by molar-refractivity contribution is 8.00. The minimum atomic E-state index is -0.390. The third kappa shape index (κ3) is 4.89. The molecule has 1 heterocycles. The molecule has 3 rings (SSSR count). The topological polar surface area (TPSA) is 83.7 Å². The van der Waals surface area contributed by atoms with E-state index in [1.165, 1.54) is 11.8 Å². The Labute approximate surface area is 173 Å². The third-order valence-electron chi connectivity index (χ3n) is 4.14. The van der Waals surface area contributed by atoms with E-state index in [1.54, 1.807) is 63.6 Å². The number of rotatable bonds is 9. The van der Waals surface area contributed by atoms with Crippen LogP contribution < -0.4 is 14.2 Å². The Morgan fingerprint density at radius 3 is 2.45 bits per heavy atom. The number of thioether (sulfide) groups is 1. The van der Waals surface area contributed by atoms with Crippen LogP contribution in [0.1, 0.15) is 24.2 Å². The van der Waals surface area contributed by atoms with Crippen molar-refractivity contribution in [2.45, 2.75) is 24.3 Å². The Kier molecular flexibility index (Phi) is 6.77. The lowest BCUT2D eigenvalue weighted by molar-refractivity contribution is 0.0993. The molecule has 3 aromatic rings. The van der Waals surface area contributed by atoms with Crippen molar-refractivity contribution >= 4 is 17.5 Å². The Morgan fingerprint density at radius 2 is 1.79 bits per heavy atom. The average molecular weight is 414 g/mol.